The van der Waals surface area contributed by atoms with E-state index in [1.165, 1.54) is 0 Å². The van der Waals surface area contributed by atoms with Gasteiger partial charge in [0.15, 0.2) is 0 Å². The summed E-state index contributed by atoms with van der Waals surface area (Å²) < 4.78 is 0. The van der Waals surface area contributed by atoms with Crippen molar-refractivity contribution in [3.63, 3.8) is 0 Å². The highest BCUT2D eigenvalue weighted by atomic mass is 16.2. The van der Waals surface area contributed by atoms with Gasteiger partial charge in [-0.05, 0) is 11.0 Å². The van der Waals surface area contributed by atoms with Gasteiger partial charge in [-0.3, -0.25) is 9.59 Å². The Morgan fingerprint density at radius 2 is 1.84 bits per heavy atom. The predicted octanol–water partition coefficient (Wildman–Crippen LogP) is 1.73. The molecule has 1 aliphatic rings. The van der Waals surface area contributed by atoms with Crippen LogP contribution in [0.5, 0.6) is 0 Å². The van der Waals surface area contributed by atoms with Gasteiger partial charge in [-0.1, -0.05) is 51.1 Å². The summed E-state index contributed by atoms with van der Waals surface area (Å²) in [7, 11) is 0. The largest absolute Gasteiger partial charge is 0.339 e. The number of piperazine rings is 1. The van der Waals surface area contributed by atoms with E-state index in [4.69, 9.17) is 0 Å². The number of amides is 2. The number of hydrogen-bond acceptors (Lipinski definition) is 2. The third-order valence-electron chi connectivity index (χ3n) is 3.00. The number of nitrogens with one attached hydrogen (secondary N) is 1. The molecule has 0 radical (unpaired) electrons. The minimum atomic E-state index is -0.551. The summed E-state index contributed by atoms with van der Waals surface area (Å²) in [5.74, 6) is -0.126. The fourth-order valence-corrected chi connectivity index (χ4v) is 2.28. The maximum atomic E-state index is 12.5. The quantitative estimate of drug-likeness (QED) is 0.880. The molecule has 19 heavy (non-hydrogen) atoms. The van der Waals surface area contributed by atoms with Gasteiger partial charge in [-0.2, -0.15) is 0 Å². The van der Waals surface area contributed by atoms with Crippen molar-refractivity contribution >= 4 is 11.8 Å². The van der Waals surface area contributed by atoms with Crippen molar-refractivity contribution in [1.29, 1.82) is 0 Å². The Hall–Kier alpha value is -1.84. The summed E-state index contributed by atoms with van der Waals surface area (Å²) >= 11 is 0. The van der Waals surface area contributed by atoms with E-state index in [1.807, 2.05) is 30.3 Å². The third kappa shape index (κ3) is 3.34. The first-order chi connectivity index (χ1) is 8.87. The molecule has 0 aromatic heterocycles. The molecular weight excluding hydrogens is 240 g/mol. The lowest BCUT2D eigenvalue weighted by molar-refractivity contribution is -0.145. The monoisotopic (exact) mass is 260 g/mol. The second-order valence-electron chi connectivity index (χ2n) is 6.17. The number of carbonyl (C=O) groups is 2. The van der Waals surface area contributed by atoms with Gasteiger partial charge in [-0.15, -0.1) is 0 Å². The van der Waals surface area contributed by atoms with E-state index in [2.05, 4.69) is 26.1 Å². The first kappa shape index (κ1) is 13.6. The molecule has 0 saturated carbocycles. The van der Waals surface area contributed by atoms with Crippen LogP contribution in [0.3, 0.4) is 0 Å². The Morgan fingerprint density at radius 1 is 1.21 bits per heavy atom. The van der Waals surface area contributed by atoms with Crippen LogP contribution in [-0.4, -0.2) is 29.8 Å². The Morgan fingerprint density at radius 3 is 2.42 bits per heavy atom. The van der Waals surface area contributed by atoms with Crippen molar-refractivity contribution < 1.29 is 9.59 Å². The summed E-state index contributed by atoms with van der Waals surface area (Å²) in [5, 5.41) is 2.77. The van der Waals surface area contributed by atoms with Crippen LogP contribution >= 0.6 is 0 Å². The average Bonchev–Trinajstić information content (AvgIpc) is 2.32. The van der Waals surface area contributed by atoms with Crippen LogP contribution in [0, 0.1) is 5.41 Å². The predicted molar refractivity (Wildman–Crippen MR) is 73.4 cm³/mol. The Balaban J connectivity index is 2.22. The average molecular weight is 260 g/mol. The molecule has 1 unspecified atom stereocenters. The first-order valence-corrected chi connectivity index (χ1v) is 6.50. The highest BCUT2D eigenvalue weighted by molar-refractivity contribution is 5.95. The van der Waals surface area contributed by atoms with Crippen LogP contribution in [0.25, 0.3) is 0 Å². The van der Waals surface area contributed by atoms with Gasteiger partial charge < -0.3 is 10.2 Å². The molecule has 0 aliphatic carbocycles. The van der Waals surface area contributed by atoms with E-state index in [9.17, 15) is 9.59 Å². The van der Waals surface area contributed by atoms with Gasteiger partial charge in [-0.25, -0.2) is 0 Å². The van der Waals surface area contributed by atoms with Crippen molar-refractivity contribution in [1.82, 2.24) is 10.2 Å². The van der Waals surface area contributed by atoms with E-state index in [1.54, 1.807) is 4.90 Å². The first-order valence-electron chi connectivity index (χ1n) is 6.50. The fraction of sp³-hybridized carbons (Fsp3) is 0.467. The van der Waals surface area contributed by atoms with E-state index in [0.717, 1.165) is 5.56 Å². The fourth-order valence-electron chi connectivity index (χ4n) is 2.28. The van der Waals surface area contributed by atoms with E-state index in [-0.39, 0.29) is 23.8 Å². The standard InChI is InChI=1S/C15H20N2O2/c1-15(2,3)10-17-9-12(18)16-13(14(17)19)11-7-5-4-6-8-11/h4-8,13H,9-10H2,1-3H3,(H,16,18). The van der Waals surface area contributed by atoms with Crippen molar-refractivity contribution in [2.75, 3.05) is 13.1 Å². The smallest absolute Gasteiger partial charge is 0.250 e. The molecular formula is C15H20N2O2. The highest BCUT2D eigenvalue weighted by Crippen LogP contribution is 2.23. The minimum absolute atomic E-state index is 0.0193. The minimum Gasteiger partial charge on any atom is -0.339 e. The molecule has 1 heterocycles. The Kier molecular flexibility index (Phi) is 3.60. The SMILES string of the molecule is CC(C)(C)CN1CC(=O)NC(c2ccccc2)C1=O. The van der Waals surface area contributed by atoms with Crippen LogP contribution in [-0.2, 0) is 9.59 Å². The molecule has 102 valence electrons. The molecule has 1 aromatic rings. The zero-order chi connectivity index (χ0) is 14.0. The molecule has 1 saturated heterocycles. The molecule has 1 N–H and O–H groups in total. The number of carbonyl (C=O) groups excluding carboxylic acids is 2. The number of rotatable bonds is 2. The maximum Gasteiger partial charge on any atom is 0.250 e. The summed E-state index contributed by atoms with van der Waals surface area (Å²) in [6.45, 7) is 6.92. The van der Waals surface area contributed by atoms with Crippen LogP contribution in [0.15, 0.2) is 30.3 Å². The summed E-state index contributed by atoms with van der Waals surface area (Å²) in [5.41, 5.74) is 0.814. The van der Waals surface area contributed by atoms with E-state index >= 15 is 0 Å². The van der Waals surface area contributed by atoms with Crippen molar-refractivity contribution in [2.45, 2.75) is 26.8 Å². The van der Waals surface area contributed by atoms with Crippen LogP contribution in [0.1, 0.15) is 32.4 Å². The maximum absolute atomic E-state index is 12.5. The summed E-state index contributed by atoms with van der Waals surface area (Å²) in [6, 6.07) is 8.82. The van der Waals surface area contributed by atoms with Gasteiger partial charge in [0, 0.05) is 6.54 Å². The molecule has 2 amide bonds. The molecule has 1 atom stereocenters. The van der Waals surface area contributed by atoms with Crippen LogP contribution < -0.4 is 5.32 Å². The number of benzene rings is 1. The van der Waals surface area contributed by atoms with Crippen LogP contribution in [0.2, 0.25) is 0 Å². The lowest BCUT2D eigenvalue weighted by Crippen LogP contribution is -2.55. The van der Waals surface area contributed by atoms with Gasteiger partial charge in [0.1, 0.15) is 6.04 Å². The molecule has 4 heteroatoms. The normalized spacial score (nSPS) is 20.4. The lowest BCUT2D eigenvalue weighted by Gasteiger charge is -2.36. The van der Waals surface area contributed by atoms with Crippen molar-refractivity contribution in [3.05, 3.63) is 35.9 Å². The van der Waals surface area contributed by atoms with E-state index < -0.39 is 6.04 Å². The van der Waals surface area contributed by atoms with Crippen molar-refractivity contribution in [3.8, 4) is 0 Å². The highest BCUT2D eigenvalue weighted by Gasteiger charge is 2.35. The molecule has 4 nitrogen and oxygen atoms in total. The molecule has 2 rings (SSSR count). The van der Waals surface area contributed by atoms with Gasteiger partial charge in [0.25, 0.3) is 0 Å². The molecule has 0 bridgehead atoms. The zero-order valence-electron chi connectivity index (χ0n) is 11.6. The van der Waals surface area contributed by atoms with Crippen molar-refractivity contribution in [2.24, 2.45) is 5.41 Å². The third-order valence-corrected chi connectivity index (χ3v) is 3.00. The summed E-state index contributed by atoms with van der Waals surface area (Å²) in [4.78, 5) is 25.9. The zero-order valence-corrected chi connectivity index (χ0v) is 11.6. The van der Waals surface area contributed by atoms with Gasteiger partial charge in [0.2, 0.25) is 11.8 Å². The lowest BCUT2D eigenvalue weighted by atomic mass is 9.94. The topological polar surface area (TPSA) is 49.4 Å². The second kappa shape index (κ2) is 5.03. The Bertz CT molecular complexity index is 477. The molecule has 1 aliphatic heterocycles. The van der Waals surface area contributed by atoms with E-state index in [0.29, 0.717) is 6.54 Å². The molecule has 1 aromatic carbocycles. The van der Waals surface area contributed by atoms with Crippen LogP contribution in [0.4, 0.5) is 0 Å². The van der Waals surface area contributed by atoms with Gasteiger partial charge in [0.05, 0.1) is 6.54 Å². The second-order valence-corrected chi connectivity index (χ2v) is 6.17. The Labute approximate surface area is 113 Å². The molecule has 1 fully saturated rings. The van der Waals surface area contributed by atoms with Gasteiger partial charge >= 0.3 is 0 Å². The number of hydrogen-bond donors (Lipinski definition) is 1. The molecule has 0 spiro atoms. The number of nitrogens with zero attached hydrogens (tertiary/aromatic N) is 1. The summed E-state index contributed by atoms with van der Waals surface area (Å²) in [6.07, 6.45) is 0.